The number of benzene rings is 1. The quantitative estimate of drug-likeness (QED) is 0.729. The van der Waals surface area contributed by atoms with Crippen LogP contribution in [0.5, 0.6) is 0 Å². The van der Waals surface area contributed by atoms with Crippen molar-refractivity contribution in [1.29, 1.82) is 5.26 Å². The maximum atomic E-state index is 12.1. The largest absolute Gasteiger partial charge is 0.344 e. The van der Waals surface area contributed by atoms with Gasteiger partial charge in [0.1, 0.15) is 6.33 Å². The molecule has 2 rings (SSSR count). The maximum Gasteiger partial charge on any atom is 0.232 e. The SMILES string of the molecule is CCc1ccccc1-n1cnnc1SCC(=O)N(C)CCC#N. The lowest BCUT2D eigenvalue weighted by Crippen LogP contribution is -2.29. The van der Waals surface area contributed by atoms with Crippen LogP contribution in [0.25, 0.3) is 5.69 Å². The Morgan fingerprint density at radius 3 is 2.96 bits per heavy atom. The van der Waals surface area contributed by atoms with Gasteiger partial charge in [0.05, 0.1) is 23.9 Å². The Kier molecular flexibility index (Phi) is 6.18. The fourth-order valence-corrected chi connectivity index (χ4v) is 2.97. The monoisotopic (exact) mass is 329 g/mol. The first-order chi connectivity index (χ1) is 11.2. The predicted octanol–water partition coefficient (Wildman–Crippen LogP) is 2.29. The summed E-state index contributed by atoms with van der Waals surface area (Å²) in [7, 11) is 1.71. The highest BCUT2D eigenvalue weighted by atomic mass is 32.2. The molecule has 0 N–H and O–H groups in total. The third kappa shape index (κ3) is 4.33. The molecule has 0 spiro atoms. The normalized spacial score (nSPS) is 10.3. The number of hydrogen-bond donors (Lipinski definition) is 0. The van der Waals surface area contributed by atoms with Gasteiger partial charge in [0.25, 0.3) is 0 Å². The summed E-state index contributed by atoms with van der Waals surface area (Å²) in [4.78, 5) is 13.6. The molecule has 0 radical (unpaired) electrons. The zero-order valence-corrected chi connectivity index (χ0v) is 14.1. The van der Waals surface area contributed by atoms with Crippen LogP contribution in [0.3, 0.4) is 0 Å². The van der Waals surface area contributed by atoms with Crippen molar-refractivity contribution in [3.8, 4) is 11.8 Å². The van der Waals surface area contributed by atoms with E-state index in [9.17, 15) is 4.79 Å². The van der Waals surface area contributed by atoms with E-state index < -0.39 is 0 Å². The van der Waals surface area contributed by atoms with E-state index in [1.807, 2.05) is 28.8 Å². The van der Waals surface area contributed by atoms with E-state index in [2.05, 4.69) is 23.2 Å². The smallest absolute Gasteiger partial charge is 0.232 e. The van der Waals surface area contributed by atoms with E-state index in [1.165, 1.54) is 17.3 Å². The molecular formula is C16H19N5OS. The topological polar surface area (TPSA) is 74.8 Å². The van der Waals surface area contributed by atoms with Gasteiger partial charge in [-0.25, -0.2) is 0 Å². The highest BCUT2D eigenvalue weighted by molar-refractivity contribution is 7.99. The van der Waals surface area contributed by atoms with E-state index in [0.717, 1.165) is 12.1 Å². The van der Waals surface area contributed by atoms with Gasteiger partial charge in [-0.3, -0.25) is 9.36 Å². The van der Waals surface area contributed by atoms with Gasteiger partial charge in [0.2, 0.25) is 5.91 Å². The number of para-hydroxylation sites is 1. The van der Waals surface area contributed by atoms with Gasteiger partial charge >= 0.3 is 0 Å². The number of aromatic nitrogens is 3. The third-order valence-electron chi connectivity index (χ3n) is 3.46. The molecule has 0 fully saturated rings. The standard InChI is InChI=1S/C16H19N5OS/c1-3-13-7-4-5-8-14(13)21-12-18-19-16(21)23-11-15(22)20(2)10-6-9-17/h4-5,7-8,12H,3,6,10-11H2,1-2H3. The second kappa shape index (κ2) is 8.34. The molecule has 0 saturated heterocycles. The second-order valence-corrected chi connectivity index (χ2v) is 5.92. The van der Waals surface area contributed by atoms with Crippen molar-refractivity contribution in [2.45, 2.75) is 24.9 Å². The van der Waals surface area contributed by atoms with E-state index in [4.69, 9.17) is 5.26 Å². The molecule has 120 valence electrons. The van der Waals surface area contributed by atoms with Crippen LogP contribution in [0.2, 0.25) is 0 Å². The van der Waals surface area contributed by atoms with E-state index in [1.54, 1.807) is 18.3 Å². The summed E-state index contributed by atoms with van der Waals surface area (Å²) in [6.07, 6.45) is 2.92. The molecule has 1 aromatic carbocycles. The Balaban J connectivity index is 2.07. The molecule has 7 heteroatoms. The summed E-state index contributed by atoms with van der Waals surface area (Å²) >= 11 is 1.35. The van der Waals surface area contributed by atoms with Crippen LogP contribution in [0.15, 0.2) is 35.7 Å². The van der Waals surface area contributed by atoms with Gasteiger partial charge in [-0.1, -0.05) is 36.9 Å². The molecule has 0 unspecified atom stereocenters. The lowest BCUT2D eigenvalue weighted by molar-refractivity contribution is -0.127. The summed E-state index contributed by atoms with van der Waals surface area (Å²) in [6, 6.07) is 10.1. The van der Waals surface area contributed by atoms with E-state index in [-0.39, 0.29) is 11.7 Å². The lowest BCUT2D eigenvalue weighted by Gasteiger charge is -2.15. The molecule has 0 atom stereocenters. The Morgan fingerprint density at radius 2 is 2.22 bits per heavy atom. The molecule has 1 heterocycles. The van der Waals surface area contributed by atoms with Gasteiger partial charge in [0, 0.05) is 13.6 Å². The average molecular weight is 329 g/mol. The van der Waals surface area contributed by atoms with Crippen molar-refractivity contribution in [3.05, 3.63) is 36.2 Å². The van der Waals surface area contributed by atoms with Crippen molar-refractivity contribution < 1.29 is 4.79 Å². The molecule has 0 saturated carbocycles. The first-order valence-electron chi connectivity index (χ1n) is 7.39. The molecule has 1 aromatic heterocycles. The molecule has 23 heavy (non-hydrogen) atoms. The highest BCUT2D eigenvalue weighted by Gasteiger charge is 2.14. The van der Waals surface area contributed by atoms with Gasteiger partial charge in [-0.05, 0) is 18.1 Å². The van der Waals surface area contributed by atoms with Gasteiger partial charge in [-0.2, -0.15) is 5.26 Å². The fourth-order valence-electron chi connectivity index (χ4n) is 2.11. The Bertz CT molecular complexity index is 706. The van der Waals surface area contributed by atoms with Gasteiger partial charge < -0.3 is 4.90 Å². The lowest BCUT2D eigenvalue weighted by atomic mass is 10.1. The maximum absolute atomic E-state index is 12.1. The Labute approximate surface area is 140 Å². The van der Waals surface area contributed by atoms with Crippen LogP contribution >= 0.6 is 11.8 Å². The zero-order valence-electron chi connectivity index (χ0n) is 13.3. The van der Waals surface area contributed by atoms with Crippen LogP contribution in [-0.4, -0.2) is 44.9 Å². The molecule has 0 bridgehead atoms. The minimum Gasteiger partial charge on any atom is -0.344 e. The second-order valence-electron chi connectivity index (χ2n) is 4.98. The minimum atomic E-state index is -0.0245. The van der Waals surface area contributed by atoms with E-state index in [0.29, 0.717) is 18.1 Å². The molecule has 0 aliphatic heterocycles. The Morgan fingerprint density at radius 1 is 1.43 bits per heavy atom. The zero-order chi connectivity index (χ0) is 16.7. The van der Waals surface area contributed by atoms with Crippen LogP contribution in [0.1, 0.15) is 18.9 Å². The predicted molar refractivity (Wildman–Crippen MR) is 89.3 cm³/mol. The Hall–Kier alpha value is -2.33. The number of nitriles is 1. The number of carbonyl (C=O) groups is 1. The van der Waals surface area contributed by atoms with Crippen molar-refractivity contribution in [2.75, 3.05) is 19.3 Å². The van der Waals surface area contributed by atoms with Gasteiger partial charge in [-0.15, -0.1) is 10.2 Å². The van der Waals surface area contributed by atoms with Crippen molar-refractivity contribution in [2.24, 2.45) is 0 Å². The van der Waals surface area contributed by atoms with Crippen molar-refractivity contribution in [1.82, 2.24) is 19.7 Å². The number of nitrogens with zero attached hydrogens (tertiary/aromatic N) is 5. The number of hydrogen-bond acceptors (Lipinski definition) is 5. The number of thioether (sulfide) groups is 1. The number of aryl methyl sites for hydroxylation is 1. The van der Waals surface area contributed by atoms with Crippen molar-refractivity contribution in [3.63, 3.8) is 0 Å². The summed E-state index contributed by atoms with van der Waals surface area (Å²) in [6.45, 7) is 2.55. The fraction of sp³-hybridized carbons (Fsp3) is 0.375. The molecule has 2 aromatic rings. The van der Waals surface area contributed by atoms with Crippen LogP contribution in [0.4, 0.5) is 0 Å². The van der Waals surface area contributed by atoms with Crippen molar-refractivity contribution >= 4 is 17.7 Å². The first kappa shape index (κ1) is 17.0. The van der Waals surface area contributed by atoms with Crippen LogP contribution in [0, 0.1) is 11.3 Å². The summed E-state index contributed by atoms with van der Waals surface area (Å²) in [5.74, 6) is 0.248. The number of amides is 1. The van der Waals surface area contributed by atoms with E-state index >= 15 is 0 Å². The molecule has 0 aliphatic carbocycles. The van der Waals surface area contributed by atoms with Crippen LogP contribution < -0.4 is 0 Å². The molecule has 6 nitrogen and oxygen atoms in total. The molecule has 0 aliphatic rings. The minimum absolute atomic E-state index is 0.0245. The summed E-state index contributed by atoms with van der Waals surface area (Å²) in [5, 5.41) is 17.3. The average Bonchev–Trinajstić information content (AvgIpc) is 3.05. The number of carbonyl (C=O) groups excluding carboxylic acids is 1. The molecule has 1 amide bonds. The molecular weight excluding hydrogens is 310 g/mol. The highest BCUT2D eigenvalue weighted by Crippen LogP contribution is 2.22. The van der Waals surface area contributed by atoms with Gasteiger partial charge in [0.15, 0.2) is 5.16 Å². The summed E-state index contributed by atoms with van der Waals surface area (Å²) in [5.41, 5.74) is 2.24. The number of rotatable bonds is 7. The van der Waals surface area contributed by atoms with Crippen LogP contribution in [-0.2, 0) is 11.2 Å². The first-order valence-corrected chi connectivity index (χ1v) is 8.38. The third-order valence-corrected chi connectivity index (χ3v) is 4.39. The summed E-state index contributed by atoms with van der Waals surface area (Å²) < 4.78 is 1.91.